The lowest BCUT2D eigenvalue weighted by molar-refractivity contribution is 0.482. The lowest BCUT2D eigenvalue weighted by Crippen LogP contribution is -2.29. The van der Waals surface area contributed by atoms with Crippen LogP contribution in [0.25, 0.3) is 45.5 Å². The average molecular weight is 1310 g/mol. The minimum absolute atomic E-state index is 0.348. The standard InChI is InChI=1S/C90H58F6N2O2/c1-3-57-19-39-73(40-20-57)99-75-43-27-61(28-44-75)89(63-11-9-13-65(91)51-63)81-17-7-5-15-77(81)79-47-35-69(53-83(79)89)97(71-37-49-85(93)87(95)55-71)67-31-23-59(24-32-67)60-25-33-68(34-26-60)98(72-38-50-86(94)88(96)56-72)70-36-48-80-78-16-6-8-18-82(78)90(84(80)54-70,64-12-10-14-66(92)52-64)62-29-45-76(46-30-62)100-74-41-21-58(4-2)22-42-74/h3-56H,1-2H2. The number of rotatable bonds is 17. The molecule has 0 saturated heterocycles. The molecule has 16 rings (SSSR count). The van der Waals surface area contributed by atoms with Crippen molar-refractivity contribution in [1.29, 1.82) is 0 Å². The van der Waals surface area contributed by atoms with Gasteiger partial charge in [-0.2, -0.15) is 0 Å². The highest BCUT2D eigenvalue weighted by atomic mass is 19.2. The van der Waals surface area contributed by atoms with Crippen LogP contribution in [-0.2, 0) is 10.8 Å². The molecule has 0 spiro atoms. The number of halogens is 6. The van der Waals surface area contributed by atoms with Gasteiger partial charge in [0, 0.05) is 46.3 Å². The maximum Gasteiger partial charge on any atom is 0.160 e. The molecule has 14 aromatic rings. The van der Waals surface area contributed by atoms with Gasteiger partial charge in [-0.05, 0) is 235 Å². The Hall–Kier alpha value is -12.7. The van der Waals surface area contributed by atoms with Crippen LogP contribution in [0, 0.1) is 34.9 Å². The SMILES string of the molecule is C=Cc1ccc(Oc2ccc(C3(c4cccc(F)c4)c4ccccc4-c4ccc(N(c5ccc(-c6ccc(N(c7ccc(F)c(F)c7)c7ccc8c(c7)C(c7ccc(Oc9ccc(C=C)cc9)cc7)(c7cccc(F)c7)c7ccccc7-8)cc6)cc5)c5ccc(F)c(F)c5)cc43)cc2)cc1. The lowest BCUT2D eigenvalue weighted by Gasteiger charge is -2.35. The van der Waals surface area contributed by atoms with Crippen molar-refractivity contribution in [3.63, 3.8) is 0 Å². The van der Waals surface area contributed by atoms with Crippen LogP contribution in [0.4, 0.5) is 60.5 Å². The van der Waals surface area contributed by atoms with E-state index in [0.717, 1.165) is 90.0 Å². The van der Waals surface area contributed by atoms with E-state index < -0.39 is 45.7 Å². The molecule has 100 heavy (non-hydrogen) atoms. The molecule has 482 valence electrons. The zero-order valence-corrected chi connectivity index (χ0v) is 53.6. The molecule has 2 atom stereocenters. The highest BCUT2D eigenvalue weighted by Crippen LogP contribution is 2.60. The Kier molecular flexibility index (Phi) is 15.8. The fraction of sp³-hybridized carbons (Fsp3) is 0.0222. The fourth-order valence-electron chi connectivity index (χ4n) is 14.7. The highest BCUT2D eigenvalue weighted by Gasteiger charge is 2.48. The van der Waals surface area contributed by atoms with Gasteiger partial charge in [0.15, 0.2) is 23.3 Å². The van der Waals surface area contributed by atoms with Crippen molar-refractivity contribution in [2.75, 3.05) is 9.80 Å². The molecule has 0 amide bonds. The van der Waals surface area contributed by atoms with Gasteiger partial charge < -0.3 is 19.3 Å². The van der Waals surface area contributed by atoms with Gasteiger partial charge in [0.1, 0.15) is 34.6 Å². The van der Waals surface area contributed by atoms with Gasteiger partial charge in [-0.1, -0.05) is 183 Å². The Morgan fingerprint density at radius 1 is 0.260 bits per heavy atom. The quantitative estimate of drug-likeness (QED) is 0.0849. The monoisotopic (exact) mass is 1310 g/mol. The largest absolute Gasteiger partial charge is 0.457 e. The smallest absolute Gasteiger partial charge is 0.160 e. The third-order valence-corrected chi connectivity index (χ3v) is 19.3. The molecular formula is C90H58F6N2O2. The molecular weight excluding hydrogens is 1250 g/mol. The van der Waals surface area contributed by atoms with Crippen molar-refractivity contribution < 1.29 is 35.8 Å². The number of benzene rings is 14. The maximum absolute atomic E-state index is 15.9. The first-order valence-electron chi connectivity index (χ1n) is 32.6. The molecule has 0 N–H and O–H groups in total. The van der Waals surface area contributed by atoms with Gasteiger partial charge in [0.25, 0.3) is 0 Å². The first kappa shape index (κ1) is 62.2. The van der Waals surface area contributed by atoms with Crippen molar-refractivity contribution in [1.82, 2.24) is 0 Å². The van der Waals surface area contributed by atoms with Gasteiger partial charge in [-0.3, -0.25) is 0 Å². The van der Waals surface area contributed by atoms with Crippen LogP contribution in [-0.4, -0.2) is 0 Å². The lowest BCUT2D eigenvalue weighted by atomic mass is 9.67. The number of anilines is 6. The minimum Gasteiger partial charge on any atom is -0.457 e. The molecule has 2 aliphatic carbocycles. The van der Waals surface area contributed by atoms with Crippen LogP contribution < -0.4 is 19.3 Å². The van der Waals surface area contributed by atoms with Crippen molar-refractivity contribution in [3.05, 3.63) is 419 Å². The van der Waals surface area contributed by atoms with E-state index >= 15 is 26.3 Å². The Balaban J connectivity index is 0.776. The summed E-state index contributed by atoms with van der Waals surface area (Å²) in [6, 6.07) is 95.6. The molecule has 2 aliphatic rings. The topological polar surface area (TPSA) is 24.9 Å². The Labute approximate surface area is 575 Å². The summed E-state index contributed by atoms with van der Waals surface area (Å²) >= 11 is 0. The molecule has 0 saturated carbocycles. The zero-order chi connectivity index (χ0) is 68.2. The number of ether oxygens (including phenoxy) is 2. The average Bonchev–Trinajstić information content (AvgIpc) is 1.54. The summed E-state index contributed by atoms with van der Waals surface area (Å²) in [7, 11) is 0. The molecule has 4 nitrogen and oxygen atoms in total. The van der Waals surface area contributed by atoms with Crippen molar-refractivity contribution in [2.45, 2.75) is 10.8 Å². The Morgan fingerprint density at radius 2 is 0.590 bits per heavy atom. The first-order chi connectivity index (χ1) is 48.9. The predicted molar refractivity (Wildman–Crippen MR) is 389 cm³/mol. The number of fused-ring (bicyclic) bond motifs is 6. The van der Waals surface area contributed by atoms with E-state index in [1.54, 1.807) is 36.4 Å². The van der Waals surface area contributed by atoms with Gasteiger partial charge in [-0.15, -0.1) is 0 Å². The Morgan fingerprint density at radius 3 is 0.950 bits per heavy atom. The van der Waals surface area contributed by atoms with Crippen LogP contribution >= 0.6 is 0 Å². The third kappa shape index (κ3) is 10.8. The van der Waals surface area contributed by atoms with Crippen LogP contribution in [0.1, 0.15) is 55.6 Å². The predicted octanol–water partition coefficient (Wildman–Crippen LogP) is 24.7. The summed E-state index contributed by atoms with van der Waals surface area (Å²) in [6.45, 7) is 7.73. The normalized spacial score (nSPS) is 14.7. The second-order valence-corrected chi connectivity index (χ2v) is 24.8. The van der Waals surface area contributed by atoms with E-state index in [2.05, 4.69) is 49.6 Å². The summed E-state index contributed by atoms with van der Waals surface area (Å²) in [4.78, 5) is 3.74. The summed E-state index contributed by atoms with van der Waals surface area (Å²) in [5.74, 6) is -2.38. The summed E-state index contributed by atoms with van der Waals surface area (Å²) in [6.07, 6.45) is 3.54. The number of hydrogen-bond acceptors (Lipinski definition) is 4. The van der Waals surface area contributed by atoms with Gasteiger partial charge in [0.05, 0.1) is 10.8 Å². The minimum atomic E-state index is -1.08. The van der Waals surface area contributed by atoms with Crippen molar-refractivity contribution in [3.8, 4) is 56.4 Å². The number of nitrogens with zero attached hydrogens (tertiary/aromatic N) is 2. The summed E-state index contributed by atoms with van der Waals surface area (Å²) in [5, 5.41) is 0. The zero-order valence-electron chi connectivity index (χ0n) is 53.6. The van der Waals surface area contributed by atoms with Crippen LogP contribution in [0.2, 0.25) is 0 Å². The molecule has 0 fully saturated rings. The van der Waals surface area contributed by atoms with E-state index in [1.165, 1.54) is 36.4 Å². The van der Waals surface area contributed by atoms with Crippen molar-refractivity contribution >= 4 is 46.3 Å². The Bertz CT molecular complexity index is 5150. The molecule has 10 heteroatoms. The van der Waals surface area contributed by atoms with E-state index in [0.29, 0.717) is 68.2 Å². The second kappa shape index (κ2) is 25.4. The molecule has 0 heterocycles. The van der Waals surface area contributed by atoms with Gasteiger partial charge in [-0.25, -0.2) is 26.3 Å². The van der Waals surface area contributed by atoms with Crippen LogP contribution in [0.5, 0.6) is 23.0 Å². The molecule has 2 unspecified atom stereocenters. The van der Waals surface area contributed by atoms with E-state index in [1.807, 2.05) is 216 Å². The van der Waals surface area contributed by atoms with E-state index in [-0.39, 0.29) is 0 Å². The van der Waals surface area contributed by atoms with E-state index in [9.17, 15) is 0 Å². The molecule has 0 bridgehead atoms. The molecule has 14 aromatic carbocycles. The van der Waals surface area contributed by atoms with Gasteiger partial charge in [0.2, 0.25) is 0 Å². The van der Waals surface area contributed by atoms with Crippen LogP contribution in [0.3, 0.4) is 0 Å². The van der Waals surface area contributed by atoms with Gasteiger partial charge >= 0.3 is 0 Å². The summed E-state index contributed by atoms with van der Waals surface area (Å²) in [5.41, 5.74) is 14.9. The maximum atomic E-state index is 15.9. The first-order valence-corrected chi connectivity index (χ1v) is 32.6. The van der Waals surface area contributed by atoms with Crippen LogP contribution in [0.15, 0.2) is 329 Å². The molecule has 0 aliphatic heterocycles. The second-order valence-electron chi connectivity index (χ2n) is 24.8. The fourth-order valence-corrected chi connectivity index (χ4v) is 14.7. The van der Waals surface area contributed by atoms with Crippen molar-refractivity contribution in [2.24, 2.45) is 0 Å². The summed E-state index contributed by atoms with van der Waals surface area (Å²) < 4.78 is 106. The third-order valence-electron chi connectivity index (χ3n) is 19.3. The highest BCUT2D eigenvalue weighted by molar-refractivity contribution is 5.92. The molecule has 0 aromatic heterocycles. The number of hydrogen-bond donors (Lipinski definition) is 0. The van der Waals surface area contributed by atoms with E-state index in [4.69, 9.17) is 9.47 Å². The molecule has 0 radical (unpaired) electrons.